The van der Waals surface area contributed by atoms with Crippen LogP contribution in [0.25, 0.3) is 87.6 Å². The molecule has 262 valence electrons. The lowest BCUT2D eigenvalue weighted by Gasteiger charge is -2.29. The van der Waals surface area contributed by atoms with Crippen molar-refractivity contribution in [3.63, 3.8) is 0 Å². The molecule has 56 heavy (non-hydrogen) atoms. The largest absolute Gasteiger partial charge is 0.456 e. The summed E-state index contributed by atoms with van der Waals surface area (Å²) in [5, 5.41) is 10.9. The van der Waals surface area contributed by atoms with Gasteiger partial charge in [-0.05, 0) is 97.0 Å². The molecule has 10 aromatic carbocycles. The summed E-state index contributed by atoms with van der Waals surface area (Å²) >= 11 is 0. The summed E-state index contributed by atoms with van der Waals surface area (Å²) in [6, 6.07) is 76.5. The molecular weight excluding hydrogens is 679 g/mol. The lowest BCUT2D eigenvalue weighted by molar-refractivity contribution is 0.632. The molecule has 0 aliphatic heterocycles. The van der Waals surface area contributed by atoms with Crippen molar-refractivity contribution in [2.45, 2.75) is 0 Å². The Morgan fingerprint density at radius 3 is 1.41 bits per heavy atom. The van der Waals surface area contributed by atoms with Crippen LogP contribution in [0.1, 0.15) is 0 Å². The predicted molar refractivity (Wildman–Crippen MR) is 237 cm³/mol. The summed E-state index contributed by atoms with van der Waals surface area (Å²) in [5.74, 6) is 0.862. The van der Waals surface area contributed by atoms with Crippen LogP contribution in [0.2, 0.25) is 0 Å². The van der Waals surface area contributed by atoms with Crippen LogP contribution in [-0.4, -0.2) is 0 Å². The predicted octanol–water partition coefficient (Wildman–Crippen LogP) is 15.5. The molecule has 1 aromatic heterocycles. The Morgan fingerprint density at radius 2 is 0.804 bits per heavy atom. The van der Waals surface area contributed by atoms with Gasteiger partial charge >= 0.3 is 0 Å². The quantitative estimate of drug-likeness (QED) is 0.160. The molecule has 0 spiro atoms. The van der Waals surface area contributed by atoms with E-state index in [4.69, 9.17) is 4.42 Å². The summed E-state index contributed by atoms with van der Waals surface area (Å²) in [4.78, 5) is 2.46. The maximum absolute atomic E-state index is 6.48. The molecule has 0 saturated heterocycles. The van der Waals surface area contributed by atoms with Crippen LogP contribution >= 0.6 is 0 Å². The number of benzene rings is 10. The number of rotatable bonds is 6. The van der Waals surface area contributed by atoms with E-state index in [1.165, 1.54) is 43.1 Å². The van der Waals surface area contributed by atoms with Gasteiger partial charge in [-0.3, -0.25) is 0 Å². The van der Waals surface area contributed by atoms with Crippen molar-refractivity contribution in [3.8, 4) is 33.6 Å². The van der Waals surface area contributed by atoms with Gasteiger partial charge in [-0.25, -0.2) is 0 Å². The third-order valence-electron chi connectivity index (χ3n) is 11.2. The van der Waals surface area contributed by atoms with E-state index in [0.717, 1.165) is 61.6 Å². The van der Waals surface area contributed by atoms with E-state index in [-0.39, 0.29) is 0 Å². The smallest absolute Gasteiger partial charge is 0.136 e. The maximum atomic E-state index is 6.48. The van der Waals surface area contributed by atoms with Crippen molar-refractivity contribution in [3.05, 3.63) is 212 Å². The molecule has 0 atom stereocenters. The number of hydrogen-bond donors (Lipinski definition) is 0. The molecule has 0 aliphatic rings. The van der Waals surface area contributed by atoms with Gasteiger partial charge in [0, 0.05) is 27.4 Å². The van der Waals surface area contributed by atoms with Gasteiger partial charge in [-0.1, -0.05) is 170 Å². The number of nitrogens with zero attached hydrogens (tertiary/aromatic N) is 1. The minimum absolute atomic E-state index is 0.862. The Kier molecular flexibility index (Phi) is 7.53. The summed E-state index contributed by atoms with van der Waals surface area (Å²) in [6.45, 7) is 0. The average molecular weight is 714 g/mol. The normalized spacial score (nSPS) is 11.6. The van der Waals surface area contributed by atoms with E-state index in [1.807, 2.05) is 12.1 Å². The topological polar surface area (TPSA) is 16.4 Å². The average Bonchev–Trinajstić information content (AvgIpc) is 3.72. The molecule has 0 unspecified atom stereocenters. The molecular formula is C54H35NO. The van der Waals surface area contributed by atoms with Gasteiger partial charge in [0.25, 0.3) is 0 Å². The number of para-hydroxylation sites is 1. The van der Waals surface area contributed by atoms with Gasteiger partial charge in [0.15, 0.2) is 0 Å². The standard InChI is InChI=1S/C54H35NO/c1-2-14-37(15-3-1)45-31-28-38(32-50(45)54-35-41-18-6-13-25-53(41)56-54)36-26-29-42(30-27-36)55(51-33-39-16-4-7-19-43(39)46-21-9-11-23-48(46)51)52-34-40-17-5-8-20-44(40)47-22-10-12-24-49(47)52/h1-35H. The minimum Gasteiger partial charge on any atom is -0.456 e. The highest BCUT2D eigenvalue weighted by Gasteiger charge is 2.21. The van der Waals surface area contributed by atoms with E-state index >= 15 is 0 Å². The highest BCUT2D eigenvalue weighted by molar-refractivity contribution is 6.18. The zero-order valence-corrected chi connectivity index (χ0v) is 30.6. The van der Waals surface area contributed by atoms with Crippen molar-refractivity contribution in [1.29, 1.82) is 0 Å². The first-order chi connectivity index (χ1) is 27.8. The van der Waals surface area contributed by atoms with Crippen LogP contribution in [0.4, 0.5) is 17.1 Å². The second kappa shape index (κ2) is 13.2. The molecule has 2 nitrogen and oxygen atoms in total. The zero-order valence-electron chi connectivity index (χ0n) is 30.6. The lowest BCUT2D eigenvalue weighted by atomic mass is 9.93. The molecule has 0 N–H and O–H groups in total. The van der Waals surface area contributed by atoms with Crippen molar-refractivity contribution in [2.24, 2.45) is 0 Å². The van der Waals surface area contributed by atoms with Crippen LogP contribution in [0.3, 0.4) is 0 Å². The fourth-order valence-electron chi connectivity index (χ4n) is 8.56. The van der Waals surface area contributed by atoms with Crippen LogP contribution in [0.5, 0.6) is 0 Å². The van der Waals surface area contributed by atoms with Crippen molar-refractivity contribution < 1.29 is 4.42 Å². The van der Waals surface area contributed by atoms with Crippen LogP contribution in [0.15, 0.2) is 217 Å². The van der Waals surface area contributed by atoms with Crippen LogP contribution in [0, 0.1) is 0 Å². The molecule has 0 saturated carbocycles. The van der Waals surface area contributed by atoms with Crippen molar-refractivity contribution >= 4 is 71.1 Å². The van der Waals surface area contributed by atoms with Crippen LogP contribution in [-0.2, 0) is 0 Å². The molecule has 0 aliphatic carbocycles. The first-order valence-corrected chi connectivity index (χ1v) is 19.2. The molecule has 0 amide bonds. The Morgan fingerprint density at radius 1 is 0.304 bits per heavy atom. The SMILES string of the molecule is c1ccc(-c2ccc(-c3ccc(N(c4cc5ccccc5c5ccccc45)c4cc5ccccc5c5ccccc45)cc3)cc2-c2cc3ccccc3o2)cc1. The Labute approximate surface area is 325 Å². The molecule has 2 heteroatoms. The summed E-state index contributed by atoms with van der Waals surface area (Å²) in [6.07, 6.45) is 0. The highest BCUT2D eigenvalue weighted by atomic mass is 16.3. The maximum Gasteiger partial charge on any atom is 0.136 e. The van der Waals surface area contributed by atoms with Gasteiger partial charge in [-0.2, -0.15) is 0 Å². The number of hydrogen-bond acceptors (Lipinski definition) is 2. The third kappa shape index (κ3) is 5.34. The molecule has 0 fully saturated rings. The molecule has 0 radical (unpaired) electrons. The summed E-state index contributed by atoms with van der Waals surface area (Å²) in [5.41, 5.74) is 9.91. The van der Waals surface area contributed by atoms with E-state index in [2.05, 4.69) is 205 Å². The highest BCUT2D eigenvalue weighted by Crippen LogP contribution is 2.46. The first-order valence-electron chi connectivity index (χ1n) is 19.2. The van der Waals surface area contributed by atoms with Crippen LogP contribution < -0.4 is 4.90 Å². The number of anilines is 3. The fraction of sp³-hybridized carbons (Fsp3) is 0. The van der Waals surface area contributed by atoms with Gasteiger partial charge in [-0.15, -0.1) is 0 Å². The van der Waals surface area contributed by atoms with E-state index in [1.54, 1.807) is 0 Å². The second-order valence-corrected chi connectivity index (χ2v) is 14.5. The summed E-state index contributed by atoms with van der Waals surface area (Å²) < 4.78 is 6.48. The van der Waals surface area contributed by atoms with E-state index in [0.29, 0.717) is 0 Å². The second-order valence-electron chi connectivity index (χ2n) is 14.5. The van der Waals surface area contributed by atoms with Gasteiger partial charge in [0.2, 0.25) is 0 Å². The summed E-state index contributed by atoms with van der Waals surface area (Å²) in [7, 11) is 0. The van der Waals surface area contributed by atoms with E-state index < -0.39 is 0 Å². The molecule has 11 aromatic rings. The molecule has 0 bridgehead atoms. The van der Waals surface area contributed by atoms with Crippen molar-refractivity contribution in [1.82, 2.24) is 0 Å². The Balaban J connectivity index is 1.11. The van der Waals surface area contributed by atoms with Gasteiger partial charge in [0.05, 0.1) is 11.4 Å². The Bertz CT molecular complexity index is 3100. The Hall–Kier alpha value is -7.42. The number of furan rings is 1. The number of fused-ring (bicyclic) bond motifs is 7. The van der Waals surface area contributed by atoms with Gasteiger partial charge < -0.3 is 9.32 Å². The third-order valence-corrected chi connectivity index (χ3v) is 11.2. The van der Waals surface area contributed by atoms with E-state index in [9.17, 15) is 0 Å². The molecule has 1 heterocycles. The van der Waals surface area contributed by atoms with Gasteiger partial charge in [0.1, 0.15) is 11.3 Å². The first kappa shape index (κ1) is 32.0. The zero-order chi connectivity index (χ0) is 37.0. The molecule has 11 rings (SSSR count). The lowest BCUT2D eigenvalue weighted by Crippen LogP contribution is -2.11. The fourth-order valence-corrected chi connectivity index (χ4v) is 8.56. The monoisotopic (exact) mass is 713 g/mol. The minimum atomic E-state index is 0.862. The van der Waals surface area contributed by atoms with Crippen molar-refractivity contribution in [2.75, 3.05) is 4.90 Å².